The normalized spacial score (nSPS) is 10.9. The van der Waals surface area contributed by atoms with Crippen molar-refractivity contribution < 1.29 is 4.79 Å². The first-order chi connectivity index (χ1) is 13.0. The Morgan fingerprint density at radius 2 is 1.56 bits per heavy atom. The standard InChI is InChI=1S/C23H21N3O/c1-15-8-13-21-20(14-15)16(2)22(25-21)23(27)26(18-6-4-3-5-7-18)19-11-9-17(24)10-12-19/h3-14,25H,24H2,1-2H3. The molecular weight excluding hydrogens is 334 g/mol. The number of rotatable bonds is 3. The van der Waals surface area contributed by atoms with Gasteiger partial charge in [-0.2, -0.15) is 0 Å². The van der Waals surface area contributed by atoms with E-state index in [1.807, 2.05) is 61.5 Å². The lowest BCUT2D eigenvalue weighted by Gasteiger charge is -2.23. The molecule has 4 nitrogen and oxygen atoms in total. The van der Waals surface area contributed by atoms with Crippen LogP contribution < -0.4 is 10.6 Å². The molecule has 1 heterocycles. The van der Waals surface area contributed by atoms with Gasteiger partial charge in [0, 0.05) is 28.0 Å². The lowest BCUT2D eigenvalue weighted by Crippen LogP contribution is -2.26. The predicted octanol–water partition coefficient (Wildman–Crippen LogP) is 5.35. The van der Waals surface area contributed by atoms with E-state index in [9.17, 15) is 4.79 Å². The number of aryl methyl sites for hydroxylation is 2. The summed E-state index contributed by atoms with van der Waals surface area (Å²) in [6, 6.07) is 23.1. The van der Waals surface area contributed by atoms with Crippen LogP contribution in [-0.2, 0) is 0 Å². The van der Waals surface area contributed by atoms with E-state index in [0.29, 0.717) is 11.4 Å². The minimum absolute atomic E-state index is 0.0997. The summed E-state index contributed by atoms with van der Waals surface area (Å²) >= 11 is 0. The molecule has 0 aliphatic heterocycles. The monoisotopic (exact) mass is 355 g/mol. The smallest absolute Gasteiger partial charge is 0.279 e. The van der Waals surface area contributed by atoms with E-state index in [0.717, 1.165) is 27.8 Å². The molecule has 4 aromatic rings. The molecule has 3 aromatic carbocycles. The Hall–Kier alpha value is -3.53. The van der Waals surface area contributed by atoms with E-state index >= 15 is 0 Å². The number of nitrogen functional groups attached to an aromatic ring is 1. The molecule has 0 atom stereocenters. The number of anilines is 3. The third-order valence-corrected chi connectivity index (χ3v) is 4.80. The number of hydrogen-bond acceptors (Lipinski definition) is 2. The maximum absolute atomic E-state index is 13.6. The topological polar surface area (TPSA) is 62.1 Å². The number of aromatic nitrogens is 1. The maximum Gasteiger partial charge on any atom is 0.279 e. The highest BCUT2D eigenvalue weighted by molar-refractivity contribution is 6.13. The largest absolute Gasteiger partial charge is 0.399 e. The number of nitrogens with two attached hydrogens (primary N) is 1. The zero-order valence-electron chi connectivity index (χ0n) is 15.4. The molecule has 4 heteroatoms. The van der Waals surface area contributed by atoms with Crippen molar-refractivity contribution in [2.75, 3.05) is 10.6 Å². The van der Waals surface area contributed by atoms with Crippen molar-refractivity contribution >= 4 is 33.9 Å². The van der Waals surface area contributed by atoms with Gasteiger partial charge in [-0.15, -0.1) is 0 Å². The molecule has 134 valence electrons. The number of para-hydroxylation sites is 1. The van der Waals surface area contributed by atoms with Gasteiger partial charge in [-0.05, 0) is 67.9 Å². The third-order valence-electron chi connectivity index (χ3n) is 4.80. The van der Waals surface area contributed by atoms with E-state index in [-0.39, 0.29) is 5.91 Å². The van der Waals surface area contributed by atoms with Crippen LogP contribution >= 0.6 is 0 Å². The molecule has 0 spiro atoms. The second-order valence-electron chi connectivity index (χ2n) is 6.74. The van der Waals surface area contributed by atoms with Crippen LogP contribution in [-0.4, -0.2) is 10.9 Å². The van der Waals surface area contributed by atoms with Crippen molar-refractivity contribution in [1.29, 1.82) is 0 Å². The Balaban J connectivity index is 1.86. The summed E-state index contributed by atoms with van der Waals surface area (Å²) in [7, 11) is 0. The van der Waals surface area contributed by atoms with Crippen LogP contribution in [0.5, 0.6) is 0 Å². The van der Waals surface area contributed by atoms with Crippen LogP contribution in [0, 0.1) is 13.8 Å². The Morgan fingerprint density at radius 3 is 2.26 bits per heavy atom. The van der Waals surface area contributed by atoms with E-state index in [2.05, 4.69) is 18.0 Å². The van der Waals surface area contributed by atoms with Gasteiger partial charge in [0.15, 0.2) is 0 Å². The lowest BCUT2D eigenvalue weighted by atomic mass is 10.1. The van der Waals surface area contributed by atoms with Crippen molar-refractivity contribution in [2.45, 2.75) is 13.8 Å². The summed E-state index contributed by atoms with van der Waals surface area (Å²) < 4.78 is 0. The van der Waals surface area contributed by atoms with Crippen molar-refractivity contribution in [3.05, 3.63) is 89.6 Å². The molecule has 4 rings (SSSR count). The summed E-state index contributed by atoms with van der Waals surface area (Å²) in [6.45, 7) is 4.04. The van der Waals surface area contributed by atoms with Crippen LogP contribution in [0.2, 0.25) is 0 Å². The quantitative estimate of drug-likeness (QED) is 0.487. The Bertz CT molecular complexity index is 1110. The molecule has 0 saturated heterocycles. The van der Waals surface area contributed by atoms with Crippen LogP contribution in [0.1, 0.15) is 21.6 Å². The summed E-state index contributed by atoms with van der Waals surface area (Å²) in [4.78, 5) is 18.6. The van der Waals surface area contributed by atoms with Gasteiger partial charge in [-0.3, -0.25) is 9.69 Å². The fourth-order valence-electron chi connectivity index (χ4n) is 3.35. The molecule has 0 aliphatic carbocycles. The highest BCUT2D eigenvalue weighted by Gasteiger charge is 2.24. The van der Waals surface area contributed by atoms with Crippen LogP contribution in [0.4, 0.5) is 17.1 Å². The summed E-state index contributed by atoms with van der Waals surface area (Å²) in [6.07, 6.45) is 0. The molecule has 0 radical (unpaired) electrons. The van der Waals surface area contributed by atoms with Gasteiger partial charge in [0.2, 0.25) is 0 Å². The predicted molar refractivity (Wildman–Crippen MR) is 112 cm³/mol. The number of benzene rings is 3. The number of carbonyl (C=O) groups excluding carboxylic acids is 1. The molecule has 0 bridgehead atoms. The average molecular weight is 355 g/mol. The van der Waals surface area contributed by atoms with Crippen molar-refractivity contribution in [3.63, 3.8) is 0 Å². The van der Waals surface area contributed by atoms with Crippen molar-refractivity contribution in [1.82, 2.24) is 4.98 Å². The summed E-state index contributed by atoms with van der Waals surface area (Å²) in [5, 5.41) is 1.07. The minimum Gasteiger partial charge on any atom is -0.399 e. The van der Waals surface area contributed by atoms with Crippen LogP contribution in [0.25, 0.3) is 10.9 Å². The number of amides is 1. The maximum atomic E-state index is 13.6. The molecule has 0 aliphatic rings. The first kappa shape index (κ1) is 16.9. The zero-order chi connectivity index (χ0) is 19.0. The molecule has 0 fully saturated rings. The SMILES string of the molecule is Cc1ccc2[nH]c(C(=O)N(c3ccccc3)c3ccc(N)cc3)c(C)c2c1. The van der Waals surface area contributed by atoms with Gasteiger partial charge in [-0.1, -0.05) is 29.8 Å². The van der Waals surface area contributed by atoms with Crippen molar-refractivity contribution in [3.8, 4) is 0 Å². The minimum atomic E-state index is -0.0997. The number of carbonyl (C=O) groups is 1. The first-order valence-electron chi connectivity index (χ1n) is 8.88. The molecule has 27 heavy (non-hydrogen) atoms. The summed E-state index contributed by atoms with van der Waals surface area (Å²) in [5.41, 5.74) is 11.8. The fraction of sp³-hybridized carbons (Fsp3) is 0.0870. The molecule has 0 unspecified atom stereocenters. The summed E-state index contributed by atoms with van der Waals surface area (Å²) in [5.74, 6) is -0.0997. The van der Waals surface area contributed by atoms with Crippen LogP contribution in [0.15, 0.2) is 72.8 Å². The molecule has 3 N–H and O–H groups in total. The van der Waals surface area contributed by atoms with E-state index < -0.39 is 0 Å². The number of H-pyrrole nitrogens is 1. The van der Waals surface area contributed by atoms with E-state index in [4.69, 9.17) is 5.73 Å². The zero-order valence-corrected chi connectivity index (χ0v) is 15.4. The molecule has 1 aromatic heterocycles. The van der Waals surface area contributed by atoms with E-state index in [1.165, 1.54) is 5.56 Å². The number of fused-ring (bicyclic) bond motifs is 1. The van der Waals surface area contributed by atoms with E-state index in [1.54, 1.807) is 17.0 Å². The van der Waals surface area contributed by atoms with Gasteiger partial charge in [0.1, 0.15) is 5.69 Å². The highest BCUT2D eigenvalue weighted by atomic mass is 16.2. The van der Waals surface area contributed by atoms with Gasteiger partial charge in [-0.25, -0.2) is 0 Å². The Morgan fingerprint density at radius 1 is 0.889 bits per heavy atom. The fourth-order valence-corrected chi connectivity index (χ4v) is 3.35. The Kier molecular flexibility index (Phi) is 4.16. The van der Waals surface area contributed by atoms with Crippen molar-refractivity contribution in [2.24, 2.45) is 0 Å². The number of hydrogen-bond donors (Lipinski definition) is 2. The van der Waals surface area contributed by atoms with Gasteiger partial charge >= 0.3 is 0 Å². The molecule has 0 saturated carbocycles. The number of nitrogens with one attached hydrogen (secondary N) is 1. The second kappa shape index (κ2) is 6.65. The number of nitrogens with zero attached hydrogens (tertiary/aromatic N) is 1. The Labute approximate surface area is 158 Å². The average Bonchev–Trinajstić information content (AvgIpc) is 3.00. The molecule has 1 amide bonds. The lowest BCUT2D eigenvalue weighted by molar-refractivity contribution is 0.0995. The molecular formula is C23H21N3O. The van der Waals surface area contributed by atoms with Crippen LogP contribution in [0.3, 0.4) is 0 Å². The third kappa shape index (κ3) is 3.06. The first-order valence-corrected chi connectivity index (χ1v) is 8.88. The number of aromatic amines is 1. The highest BCUT2D eigenvalue weighted by Crippen LogP contribution is 2.31. The second-order valence-corrected chi connectivity index (χ2v) is 6.74. The van der Waals surface area contributed by atoms with Gasteiger partial charge in [0.05, 0.1) is 0 Å². The van der Waals surface area contributed by atoms with Gasteiger partial charge in [0.25, 0.3) is 5.91 Å². The van der Waals surface area contributed by atoms with Gasteiger partial charge < -0.3 is 10.7 Å².